The van der Waals surface area contributed by atoms with Gasteiger partial charge >= 0.3 is 6.03 Å². The molecule has 2 amide bonds. The fourth-order valence-corrected chi connectivity index (χ4v) is 4.60. The molecule has 0 spiro atoms. The van der Waals surface area contributed by atoms with Gasteiger partial charge in [-0.25, -0.2) is 4.79 Å². The molecular formula is C18H24N2O3. The van der Waals surface area contributed by atoms with Crippen LogP contribution in [0.15, 0.2) is 12.1 Å². The molecule has 3 aliphatic rings. The van der Waals surface area contributed by atoms with Gasteiger partial charge < -0.3 is 20.1 Å². The lowest BCUT2D eigenvalue weighted by molar-refractivity contribution is 0.0580. The van der Waals surface area contributed by atoms with Gasteiger partial charge in [0.15, 0.2) is 0 Å². The van der Waals surface area contributed by atoms with Crippen LogP contribution in [0, 0.1) is 0 Å². The lowest BCUT2D eigenvalue weighted by Gasteiger charge is -2.37. The minimum atomic E-state index is -0.257. The summed E-state index contributed by atoms with van der Waals surface area (Å²) in [6.07, 6.45) is 6.34. The number of nitrogens with one attached hydrogen (secondary N) is 1. The highest BCUT2D eigenvalue weighted by molar-refractivity contribution is 5.93. The van der Waals surface area contributed by atoms with Crippen LogP contribution in [-0.2, 0) is 12.8 Å². The van der Waals surface area contributed by atoms with Crippen molar-refractivity contribution < 1.29 is 14.6 Å². The summed E-state index contributed by atoms with van der Waals surface area (Å²) in [6, 6.07) is 4.37. The molecule has 1 aromatic carbocycles. The van der Waals surface area contributed by atoms with E-state index in [-0.39, 0.29) is 24.2 Å². The largest absolute Gasteiger partial charge is 0.495 e. The number of amides is 2. The number of methoxy groups -OCH3 is 1. The maximum Gasteiger partial charge on any atom is 0.322 e. The quantitative estimate of drug-likeness (QED) is 0.882. The van der Waals surface area contributed by atoms with Gasteiger partial charge in [-0.05, 0) is 62.1 Å². The third-order valence-corrected chi connectivity index (χ3v) is 5.64. The Morgan fingerprint density at radius 1 is 1.26 bits per heavy atom. The van der Waals surface area contributed by atoms with Crippen LogP contribution in [0.3, 0.4) is 0 Å². The highest BCUT2D eigenvalue weighted by Gasteiger charge is 2.43. The van der Waals surface area contributed by atoms with Gasteiger partial charge in [-0.2, -0.15) is 0 Å². The number of urea groups is 1. The first-order valence-corrected chi connectivity index (χ1v) is 8.63. The predicted octanol–water partition coefficient (Wildman–Crippen LogP) is 2.70. The molecule has 5 nitrogen and oxygen atoms in total. The number of carbonyl (C=O) groups excluding carboxylic acids is 1. The summed E-state index contributed by atoms with van der Waals surface area (Å²) in [7, 11) is 1.65. The molecule has 4 rings (SSSR count). The van der Waals surface area contributed by atoms with Crippen LogP contribution >= 0.6 is 0 Å². The second-order valence-electron chi connectivity index (χ2n) is 6.98. The highest BCUT2D eigenvalue weighted by atomic mass is 16.5. The molecule has 2 heterocycles. The van der Waals surface area contributed by atoms with Crippen LogP contribution in [0.4, 0.5) is 10.5 Å². The number of aliphatic hydroxyl groups is 1. The number of carbonyl (C=O) groups is 1. The van der Waals surface area contributed by atoms with Crippen molar-refractivity contribution >= 4 is 11.7 Å². The van der Waals surface area contributed by atoms with Crippen molar-refractivity contribution in [3.8, 4) is 5.75 Å². The molecule has 0 aromatic heterocycles. The van der Waals surface area contributed by atoms with Crippen molar-refractivity contribution in [3.05, 3.63) is 23.3 Å². The molecule has 2 saturated heterocycles. The number of piperidine rings is 1. The Balaban J connectivity index is 1.59. The maximum absolute atomic E-state index is 12.9. The van der Waals surface area contributed by atoms with Gasteiger partial charge in [-0.1, -0.05) is 6.07 Å². The summed E-state index contributed by atoms with van der Waals surface area (Å²) < 4.78 is 5.47. The molecule has 5 heteroatoms. The summed E-state index contributed by atoms with van der Waals surface area (Å²) in [5.74, 6) is 0.739. The Morgan fingerprint density at radius 2 is 2.00 bits per heavy atom. The van der Waals surface area contributed by atoms with Gasteiger partial charge in [-0.3, -0.25) is 0 Å². The van der Waals surface area contributed by atoms with Gasteiger partial charge in [0.1, 0.15) is 5.75 Å². The van der Waals surface area contributed by atoms with Gasteiger partial charge in [-0.15, -0.1) is 0 Å². The molecular weight excluding hydrogens is 292 g/mol. The van der Waals surface area contributed by atoms with Gasteiger partial charge in [0, 0.05) is 12.1 Å². The van der Waals surface area contributed by atoms with E-state index in [4.69, 9.17) is 4.74 Å². The van der Waals surface area contributed by atoms with E-state index < -0.39 is 0 Å². The van der Waals surface area contributed by atoms with E-state index in [9.17, 15) is 9.90 Å². The Morgan fingerprint density at radius 3 is 2.70 bits per heavy atom. The van der Waals surface area contributed by atoms with Crippen molar-refractivity contribution in [2.45, 2.75) is 63.1 Å². The zero-order chi connectivity index (χ0) is 16.0. The van der Waals surface area contributed by atoms with E-state index in [1.165, 1.54) is 11.1 Å². The molecule has 2 fully saturated rings. The Labute approximate surface area is 136 Å². The van der Waals surface area contributed by atoms with E-state index in [1.807, 2.05) is 11.0 Å². The zero-order valence-electron chi connectivity index (χ0n) is 13.5. The van der Waals surface area contributed by atoms with Crippen LogP contribution in [0.1, 0.15) is 43.2 Å². The van der Waals surface area contributed by atoms with Crippen molar-refractivity contribution in [2.75, 3.05) is 12.4 Å². The maximum atomic E-state index is 12.9. The van der Waals surface area contributed by atoms with Crippen LogP contribution in [0.25, 0.3) is 0 Å². The SMILES string of the molecule is COc1ccc2c(c1NC(=O)N1C3CCC1CC(O)C3)CCC2. The summed E-state index contributed by atoms with van der Waals surface area (Å²) in [4.78, 5) is 14.8. The van der Waals surface area contributed by atoms with E-state index in [0.717, 1.165) is 43.5 Å². The molecule has 2 unspecified atom stereocenters. The minimum absolute atomic E-state index is 0.0389. The third-order valence-electron chi connectivity index (χ3n) is 5.64. The third kappa shape index (κ3) is 2.47. The first-order valence-electron chi connectivity index (χ1n) is 8.63. The van der Waals surface area contributed by atoms with Crippen LogP contribution < -0.4 is 10.1 Å². The van der Waals surface area contributed by atoms with Crippen LogP contribution in [0.5, 0.6) is 5.75 Å². The number of hydrogen-bond acceptors (Lipinski definition) is 3. The Hall–Kier alpha value is -1.75. The number of nitrogens with zero attached hydrogens (tertiary/aromatic N) is 1. The molecule has 124 valence electrons. The van der Waals surface area contributed by atoms with Crippen LogP contribution in [0.2, 0.25) is 0 Å². The summed E-state index contributed by atoms with van der Waals surface area (Å²) in [6.45, 7) is 0. The van der Waals surface area contributed by atoms with Crippen molar-refractivity contribution in [1.82, 2.24) is 4.90 Å². The Kier molecular flexibility index (Phi) is 3.68. The lowest BCUT2D eigenvalue weighted by atomic mass is 10.0. The standard InChI is InChI=1S/C18H24N2O3/c1-23-16-8-5-11-3-2-4-15(11)17(16)19-18(22)20-12-6-7-13(20)10-14(21)9-12/h5,8,12-14,21H,2-4,6-7,9-10H2,1H3,(H,19,22). The molecule has 23 heavy (non-hydrogen) atoms. The number of aliphatic hydroxyl groups excluding tert-OH is 1. The number of rotatable bonds is 2. The van der Waals surface area contributed by atoms with E-state index >= 15 is 0 Å². The molecule has 0 radical (unpaired) electrons. The van der Waals surface area contributed by atoms with Crippen molar-refractivity contribution in [2.24, 2.45) is 0 Å². The number of fused-ring (bicyclic) bond motifs is 3. The highest BCUT2D eigenvalue weighted by Crippen LogP contribution is 2.39. The van der Waals surface area contributed by atoms with Crippen molar-refractivity contribution in [3.63, 3.8) is 0 Å². The Bertz CT molecular complexity index is 617. The summed E-state index contributed by atoms with van der Waals surface area (Å²) in [5, 5.41) is 13.0. The molecule has 1 aromatic rings. The number of ether oxygens (including phenoxy) is 1. The number of benzene rings is 1. The molecule has 2 aliphatic heterocycles. The minimum Gasteiger partial charge on any atom is -0.495 e. The van der Waals surface area contributed by atoms with Crippen molar-refractivity contribution in [1.29, 1.82) is 0 Å². The van der Waals surface area contributed by atoms with E-state index in [2.05, 4.69) is 11.4 Å². The zero-order valence-corrected chi connectivity index (χ0v) is 13.5. The van der Waals surface area contributed by atoms with E-state index in [0.29, 0.717) is 12.8 Å². The molecule has 2 atom stereocenters. The average molecular weight is 316 g/mol. The molecule has 2 bridgehead atoms. The lowest BCUT2D eigenvalue weighted by Crippen LogP contribution is -2.49. The normalized spacial score (nSPS) is 28.6. The first-order chi connectivity index (χ1) is 11.2. The van der Waals surface area contributed by atoms with Gasteiger partial charge in [0.2, 0.25) is 0 Å². The fourth-order valence-electron chi connectivity index (χ4n) is 4.60. The number of hydrogen-bond donors (Lipinski definition) is 2. The fraction of sp³-hybridized carbons (Fsp3) is 0.611. The molecule has 1 aliphatic carbocycles. The smallest absolute Gasteiger partial charge is 0.322 e. The number of anilines is 1. The molecule has 0 saturated carbocycles. The van der Waals surface area contributed by atoms with Crippen LogP contribution in [-0.4, -0.2) is 41.3 Å². The van der Waals surface area contributed by atoms with Gasteiger partial charge in [0.25, 0.3) is 0 Å². The monoisotopic (exact) mass is 316 g/mol. The predicted molar refractivity (Wildman–Crippen MR) is 87.9 cm³/mol. The topological polar surface area (TPSA) is 61.8 Å². The average Bonchev–Trinajstić information content (AvgIpc) is 3.11. The van der Waals surface area contributed by atoms with Gasteiger partial charge in [0.05, 0.1) is 18.9 Å². The summed E-state index contributed by atoms with van der Waals surface area (Å²) in [5.41, 5.74) is 3.39. The second kappa shape index (κ2) is 5.71. The molecule has 2 N–H and O–H groups in total. The number of aryl methyl sites for hydroxylation is 1. The second-order valence-corrected chi connectivity index (χ2v) is 6.98. The first kappa shape index (κ1) is 14.8. The van der Waals surface area contributed by atoms with E-state index in [1.54, 1.807) is 7.11 Å². The summed E-state index contributed by atoms with van der Waals surface area (Å²) >= 11 is 0.